The van der Waals surface area contributed by atoms with E-state index in [0.717, 1.165) is 15.7 Å². The lowest BCUT2D eigenvalue weighted by Crippen LogP contribution is -2.27. The van der Waals surface area contributed by atoms with Gasteiger partial charge in [0.15, 0.2) is 4.34 Å². The van der Waals surface area contributed by atoms with E-state index in [4.69, 9.17) is 27.6 Å². The topological polar surface area (TPSA) is 71.3 Å². The van der Waals surface area contributed by atoms with Gasteiger partial charge in [-0.3, -0.25) is 4.79 Å². The number of carbonyl (C=O) groups is 1. The second-order valence-corrected chi connectivity index (χ2v) is 8.61. The number of benzene rings is 1. The molecule has 0 fully saturated rings. The lowest BCUT2D eigenvalue weighted by atomic mass is 10.2. The zero-order chi connectivity index (χ0) is 19.2. The molecule has 0 spiro atoms. The SMILES string of the molecule is CN(Cc1ccc(Cl)c(Cl)c1)C(=O)CSc1nnc(NCc2ccco2)s1. The highest BCUT2D eigenvalue weighted by molar-refractivity contribution is 8.01. The Labute approximate surface area is 174 Å². The molecule has 0 saturated carbocycles. The lowest BCUT2D eigenvalue weighted by Gasteiger charge is -2.17. The first-order valence-corrected chi connectivity index (χ1v) is 10.5. The average molecular weight is 443 g/mol. The number of nitrogens with one attached hydrogen (secondary N) is 1. The number of aromatic nitrogens is 2. The van der Waals surface area contributed by atoms with E-state index in [-0.39, 0.29) is 11.7 Å². The number of carbonyl (C=O) groups excluding carboxylic acids is 1. The summed E-state index contributed by atoms with van der Waals surface area (Å²) in [5, 5.41) is 13.0. The van der Waals surface area contributed by atoms with E-state index in [1.165, 1.54) is 23.1 Å². The molecule has 142 valence electrons. The van der Waals surface area contributed by atoms with E-state index in [1.807, 2.05) is 18.2 Å². The van der Waals surface area contributed by atoms with Crippen molar-refractivity contribution in [2.24, 2.45) is 0 Å². The van der Waals surface area contributed by atoms with E-state index in [2.05, 4.69) is 15.5 Å². The van der Waals surface area contributed by atoms with E-state index >= 15 is 0 Å². The number of anilines is 1. The smallest absolute Gasteiger partial charge is 0.233 e. The van der Waals surface area contributed by atoms with Gasteiger partial charge in [-0.2, -0.15) is 0 Å². The van der Waals surface area contributed by atoms with Crippen molar-refractivity contribution in [2.75, 3.05) is 18.1 Å². The van der Waals surface area contributed by atoms with Crippen LogP contribution in [0.25, 0.3) is 0 Å². The maximum atomic E-state index is 12.3. The minimum absolute atomic E-state index is 0.00799. The second kappa shape index (κ2) is 9.45. The Morgan fingerprint density at radius 1 is 1.30 bits per heavy atom. The molecule has 0 aliphatic carbocycles. The third-order valence-electron chi connectivity index (χ3n) is 3.55. The van der Waals surface area contributed by atoms with Crippen LogP contribution in [0.5, 0.6) is 0 Å². The number of thioether (sulfide) groups is 1. The van der Waals surface area contributed by atoms with Gasteiger partial charge in [-0.05, 0) is 29.8 Å². The number of hydrogen-bond acceptors (Lipinski definition) is 7. The van der Waals surface area contributed by atoms with Crippen molar-refractivity contribution in [1.29, 1.82) is 0 Å². The molecule has 3 aromatic rings. The Hall–Kier alpha value is -1.74. The molecule has 0 radical (unpaired) electrons. The van der Waals surface area contributed by atoms with Gasteiger partial charge in [0.25, 0.3) is 0 Å². The summed E-state index contributed by atoms with van der Waals surface area (Å²) in [6.45, 7) is 1.000. The van der Waals surface area contributed by atoms with Crippen LogP contribution in [0, 0.1) is 0 Å². The number of nitrogens with zero attached hydrogens (tertiary/aromatic N) is 3. The fraction of sp³-hybridized carbons (Fsp3) is 0.235. The third kappa shape index (κ3) is 5.87. The fourth-order valence-electron chi connectivity index (χ4n) is 2.15. The van der Waals surface area contributed by atoms with Crippen LogP contribution in [0.4, 0.5) is 5.13 Å². The Morgan fingerprint density at radius 2 is 2.15 bits per heavy atom. The first-order valence-electron chi connectivity index (χ1n) is 7.91. The number of furan rings is 1. The molecule has 1 amide bonds. The molecule has 0 aliphatic rings. The van der Waals surface area contributed by atoms with Gasteiger partial charge in [0.1, 0.15) is 5.76 Å². The second-order valence-electron chi connectivity index (χ2n) is 5.59. The highest BCUT2D eigenvalue weighted by atomic mass is 35.5. The minimum Gasteiger partial charge on any atom is -0.467 e. The van der Waals surface area contributed by atoms with Crippen molar-refractivity contribution in [3.63, 3.8) is 0 Å². The van der Waals surface area contributed by atoms with Crippen molar-refractivity contribution in [3.05, 3.63) is 58.0 Å². The summed E-state index contributed by atoms with van der Waals surface area (Å²) < 4.78 is 5.98. The lowest BCUT2D eigenvalue weighted by molar-refractivity contribution is -0.127. The Bertz CT molecular complexity index is 902. The predicted octanol–water partition coefficient (Wildman–Crippen LogP) is 4.80. The minimum atomic E-state index is -0.00799. The summed E-state index contributed by atoms with van der Waals surface area (Å²) >= 11 is 14.7. The summed E-state index contributed by atoms with van der Waals surface area (Å²) in [5.74, 6) is 1.09. The van der Waals surface area contributed by atoms with Gasteiger partial charge in [0.05, 0.1) is 28.6 Å². The van der Waals surface area contributed by atoms with Crippen LogP contribution >= 0.6 is 46.3 Å². The number of hydrogen-bond donors (Lipinski definition) is 1. The van der Waals surface area contributed by atoms with E-state index in [1.54, 1.807) is 30.3 Å². The van der Waals surface area contributed by atoms with Crippen molar-refractivity contribution >= 4 is 57.3 Å². The molecule has 2 heterocycles. The van der Waals surface area contributed by atoms with Crippen molar-refractivity contribution < 1.29 is 9.21 Å². The molecule has 10 heteroatoms. The molecule has 0 bridgehead atoms. The predicted molar refractivity (Wildman–Crippen MR) is 110 cm³/mol. The van der Waals surface area contributed by atoms with E-state index in [9.17, 15) is 4.79 Å². The standard InChI is InChI=1S/C17H16Cl2N4O2S2/c1-23(9-11-4-5-13(18)14(19)7-11)15(24)10-26-17-22-21-16(27-17)20-8-12-3-2-6-25-12/h2-7H,8-10H2,1H3,(H,20,21). The Morgan fingerprint density at radius 3 is 2.89 bits per heavy atom. The molecule has 0 saturated heterocycles. The van der Waals surface area contributed by atoms with Gasteiger partial charge < -0.3 is 14.6 Å². The number of amides is 1. The van der Waals surface area contributed by atoms with Gasteiger partial charge >= 0.3 is 0 Å². The quantitative estimate of drug-likeness (QED) is 0.505. The maximum Gasteiger partial charge on any atom is 0.233 e. The van der Waals surface area contributed by atoms with Gasteiger partial charge in [-0.25, -0.2) is 0 Å². The molecule has 0 aliphatic heterocycles. The molecular formula is C17H16Cl2N4O2S2. The summed E-state index contributed by atoms with van der Waals surface area (Å²) in [4.78, 5) is 14.0. The molecule has 27 heavy (non-hydrogen) atoms. The molecule has 0 unspecified atom stereocenters. The monoisotopic (exact) mass is 442 g/mol. The van der Waals surface area contributed by atoms with Crippen molar-refractivity contribution in [2.45, 2.75) is 17.4 Å². The van der Waals surface area contributed by atoms with Crippen molar-refractivity contribution in [1.82, 2.24) is 15.1 Å². The molecule has 3 rings (SSSR count). The normalized spacial score (nSPS) is 10.8. The highest BCUT2D eigenvalue weighted by Gasteiger charge is 2.13. The maximum absolute atomic E-state index is 12.3. The third-order valence-corrected chi connectivity index (χ3v) is 6.29. The first-order chi connectivity index (χ1) is 13.0. The summed E-state index contributed by atoms with van der Waals surface area (Å²) in [6, 6.07) is 9.06. The molecule has 6 nitrogen and oxygen atoms in total. The zero-order valence-corrected chi connectivity index (χ0v) is 17.5. The van der Waals surface area contributed by atoms with Gasteiger partial charge in [0.2, 0.25) is 11.0 Å². The zero-order valence-electron chi connectivity index (χ0n) is 14.3. The van der Waals surface area contributed by atoms with Crippen LogP contribution in [0.3, 0.4) is 0 Å². The molecule has 2 aromatic heterocycles. The fourth-order valence-corrected chi connectivity index (χ4v) is 4.16. The molecular weight excluding hydrogens is 427 g/mol. The molecule has 1 N–H and O–H groups in total. The molecule has 0 atom stereocenters. The van der Waals surface area contributed by atoms with Crippen LogP contribution in [-0.2, 0) is 17.9 Å². The van der Waals surface area contributed by atoms with Gasteiger partial charge in [-0.15, -0.1) is 10.2 Å². The Kier molecular flexibility index (Phi) is 7.01. The van der Waals surface area contributed by atoms with Crippen LogP contribution < -0.4 is 5.32 Å². The van der Waals surface area contributed by atoms with Crippen molar-refractivity contribution in [3.8, 4) is 0 Å². The Balaban J connectivity index is 1.46. The molecule has 1 aromatic carbocycles. The summed E-state index contributed by atoms with van der Waals surface area (Å²) in [7, 11) is 1.75. The van der Waals surface area contributed by atoms with Gasteiger partial charge in [-0.1, -0.05) is 52.4 Å². The first kappa shape index (κ1) is 20.0. The highest BCUT2D eigenvalue weighted by Crippen LogP contribution is 2.26. The van der Waals surface area contributed by atoms with Gasteiger partial charge in [0, 0.05) is 13.6 Å². The van der Waals surface area contributed by atoms with Crippen LogP contribution in [0.1, 0.15) is 11.3 Å². The number of halogens is 2. The van der Waals surface area contributed by atoms with Crippen LogP contribution in [0.15, 0.2) is 45.4 Å². The largest absolute Gasteiger partial charge is 0.467 e. The van der Waals surface area contributed by atoms with Crippen LogP contribution in [-0.4, -0.2) is 33.8 Å². The average Bonchev–Trinajstić information content (AvgIpc) is 3.32. The summed E-state index contributed by atoms with van der Waals surface area (Å²) in [6.07, 6.45) is 1.62. The van der Waals surface area contributed by atoms with E-state index < -0.39 is 0 Å². The van der Waals surface area contributed by atoms with Crippen LogP contribution in [0.2, 0.25) is 10.0 Å². The van der Waals surface area contributed by atoms with E-state index in [0.29, 0.717) is 28.3 Å². The number of rotatable bonds is 8. The summed E-state index contributed by atoms with van der Waals surface area (Å²) in [5.41, 5.74) is 0.922.